The number of aliphatic carboxylic acids is 2. The molecule has 0 saturated heterocycles. The third kappa shape index (κ3) is 5.10. The van der Waals surface area contributed by atoms with E-state index < -0.39 is 37.7 Å². The lowest BCUT2D eigenvalue weighted by Gasteiger charge is -2.26. The summed E-state index contributed by atoms with van der Waals surface area (Å²) in [5.74, 6) is -3.14. The van der Waals surface area contributed by atoms with Gasteiger partial charge in [-0.2, -0.15) is 0 Å². The Labute approximate surface area is 90.7 Å². The monoisotopic (exact) mass is 263 g/mol. The minimum absolute atomic E-state index is 0. The zero-order valence-corrected chi connectivity index (χ0v) is 9.07. The van der Waals surface area contributed by atoms with E-state index in [0.717, 1.165) is 0 Å². The second-order valence-electron chi connectivity index (χ2n) is 2.79. The summed E-state index contributed by atoms with van der Waals surface area (Å²) >= 11 is 0. The number of nitrogens with two attached hydrogens (primary N) is 1. The van der Waals surface area contributed by atoms with Crippen LogP contribution in [0, 0.1) is 0 Å². The molecule has 6 N–H and O–H groups in total. The van der Waals surface area contributed by atoms with Gasteiger partial charge in [0.1, 0.15) is 5.28 Å². The fourth-order valence-electron chi connectivity index (χ4n) is 0.792. The van der Waals surface area contributed by atoms with E-state index in [2.05, 4.69) is 0 Å². The second-order valence-corrected chi connectivity index (χ2v) is 4.77. The van der Waals surface area contributed by atoms with Gasteiger partial charge in [0.25, 0.3) is 0 Å². The van der Waals surface area contributed by atoms with E-state index >= 15 is 0 Å². The van der Waals surface area contributed by atoms with Crippen molar-refractivity contribution in [1.29, 1.82) is 0 Å². The van der Waals surface area contributed by atoms with Gasteiger partial charge in [0, 0.05) is 0 Å². The molecule has 0 rings (SSSR count). The first-order valence-corrected chi connectivity index (χ1v) is 4.98. The van der Waals surface area contributed by atoms with Gasteiger partial charge >= 0.3 is 19.5 Å². The van der Waals surface area contributed by atoms with E-state index in [-0.39, 0.29) is 12.4 Å². The smallest absolute Gasteiger partial charge is 0.346 e. The molecule has 0 atom stereocenters. The number of hydrogen-bond acceptors (Lipinski definition) is 4. The highest BCUT2D eigenvalue weighted by Crippen LogP contribution is 2.50. The summed E-state index contributed by atoms with van der Waals surface area (Å²) in [5.41, 5.74) is 5.05. The lowest BCUT2D eigenvalue weighted by molar-refractivity contribution is -0.140. The number of hydrogen-bond donors (Lipinski definition) is 5. The fraction of sp³-hybridized carbons (Fsp3) is 0.600. The third-order valence-corrected chi connectivity index (χ3v) is 2.97. The quantitative estimate of drug-likeness (QED) is 0.403. The zero-order valence-electron chi connectivity index (χ0n) is 7.36. The maximum Gasteiger partial charge on any atom is 0.346 e. The molecule has 90 valence electrons. The minimum Gasteiger partial charge on any atom is -0.481 e. The summed E-state index contributed by atoms with van der Waals surface area (Å²) in [6.45, 7) is 0. The largest absolute Gasteiger partial charge is 0.481 e. The molecule has 0 aliphatic heterocycles. The van der Waals surface area contributed by atoms with Crippen molar-refractivity contribution in [3.63, 3.8) is 0 Å². The Morgan fingerprint density at radius 1 is 1.13 bits per heavy atom. The Bertz CT molecular complexity index is 284. The summed E-state index contributed by atoms with van der Waals surface area (Å²) < 4.78 is 10.8. The first kappa shape index (κ1) is 16.8. The van der Waals surface area contributed by atoms with Crippen LogP contribution in [0.4, 0.5) is 0 Å². The summed E-state index contributed by atoms with van der Waals surface area (Å²) in [6.07, 6.45) is -2.22. The molecule has 0 aliphatic carbocycles. The van der Waals surface area contributed by atoms with Crippen molar-refractivity contribution in [2.24, 2.45) is 5.73 Å². The highest BCUT2D eigenvalue weighted by Gasteiger charge is 2.46. The Kier molecular flexibility index (Phi) is 6.07. The summed E-state index contributed by atoms with van der Waals surface area (Å²) in [7, 11) is -4.98. The lowest BCUT2D eigenvalue weighted by Crippen LogP contribution is -2.43. The molecule has 0 amide bonds. The number of carbonyl (C=O) groups is 2. The normalized spacial score (nSPS) is 11.7. The molecule has 0 unspecified atom stereocenters. The maximum absolute atomic E-state index is 10.8. The van der Waals surface area contributed by atoms with Crippen LogP contribution in [0.15, 0.2) is 0 Å². The molecular formula is C5H11ClNO7P. The van der Waals surface area contributed by atoms with Gasteiger partial charge < -0.3 is 25.7 Å². The SMILES string of the molecule is Cl.NC(CC(=O)O)(CC(=O)O)P(=O)(O)O. The van der Waals surface area contributed by atoms with Crippen LogP contribution in [0.25, 0.3) is 0 Å². The standard InChI is InChI=1S/C5H10NO7P.ClH/c6-5(1-3(7)8,2-4(9)10)14(11,12)13;/h1-2,6H2,(H,7,8)(H,9,10)(H2,11,12,13);1H. The van der Waals surface area contributed by atoms with Gasteiger partial charge in [-0.25, -0.2) is 0 Å². The van der Waals surface area contributed by atoms with Crippen molar-refractivity contribution in [2.45, 2.75) is 18.1 Å². The van der Waals surface area contributed by atoms with Gasteiger partial charge in [0.15, 0.2) is 0 Å². The maximum atomic E-state index is 10.8. The average molecular weight is 264 g/mol. The first-order chi connectivity index (χ1) is 6.08. The molecule has 15 heavy (non-hydrogen) atoms. The van der Waals surface area contributed by atoms with Crippen LogP contribution in [0.3, 0.4) is 0 Å². The lowest BCUT2D eigenvalue weighted by atomic mass is 10.1. The first-order valence-electron chi connectivity index (χ1n) is 3.36. The van der Waals surface area contributed by atoms with Crippen molar-refractivity contribution in [2.75, 3.05) is 0 Å². The van der Waals surface area contributed by atoms with Gasteiger partial charge in [-0.3, -0.25) is 14.2 Å². The molecule has 0 aliphatic rings. The molecule has 8 nitrogen and oxygen atoms in total. The highest BCUT2D eigenvalue weighted by molar-refractivity contribution is 7.53. The molecule has 0 aromatic heterocycles. The molecule has 0 bridgehead atoms. The molecule has 0 spiro atoms. The highest BCUT2D eigenvalue weighted by atomic mass is 35.5. The zero-order chi connectivity index (χ0) is 11.6. The number of carboxylic acids is 2. The van der Waals surface area contributed by atoms with Crippen molar-refractivity contribution in [3.05, 3.63) is 0 Å². The van der Waals surface area contributed by atoms with Crippen molar-refractivity contribution < 1.29 is 34.2 Å². The molecule has 10 heteroatoms. The van der Waals surface area contributed by atoms with Crippen molar-refractivity contribution in [1.82, 2.24) is 0 Å². The Morgan fingerprint density at radius 2 is 1.40 bits per heavy atom. The van der Waals surface area contributed by atoms with Gasteiger partial charge in [0.2, 0.25) is 0 Å². The number of rotatable bonds is 5. The third-order valence-electron chi connectivity index (χ3n) is 1.49. The van der Waals surface area contributed by atoms with Crippen molar-refractivity contribution in [3.8, 4) is 0 Å². The van der Waals surface area contributed by atoms with E-state index in [1.165, 1.54) is 0 Å². The molecule has 0 aromatic rings. The van der Waals surface area contributed by atoms with Crippen LogP contribution in [0.2, 0.25) is 0 Å². The van der Waals surface area contributed by atoms with Crippen LogP contribution >= 0.6 is 20.0 Å². The molecule has 0 saturated carbocycles. The molecule has 0 aromatic carbocycles. The topological polar surface area (TPSA) is 158 Å². The Balaban J connectivity index is 0. The van der Waals surface area contributed by atoms with Crippen LogP contribution in [0.1, 0.15) is 12.8 Å². The Morgan fingerprint density at radius 3 is 1.53 bits per heavy atom. The van der Waals surface area contributed by atoms with E-state index in [4.69, 9.17) is 25.7 Å². The van der Waals surface area contributed by atoms with Crippen LogP contribution in [0.5, 0.6) is 0 Å². The summed E-state index contributed by atoms with van der Waals surface area (Å²) in [6, 6.07) is 0. The van der Waals surface area contributed by atoms with Crippen molar-refractivity contribution >= 4 is 31.9 Å². The predicted octanol–water partition coefficient (Wildman–Crippen LogP) is -0.810. The number of halogens is 1. The van der Waals surface area contributed by atoms with E-state index in [9.17, 15) is 14.2 Å². The van der Waals surface area contributed by atoms with Gasteiger partial charge in [-0.05, 0) is 0 Å². The van der Waals surface area contributed by atoms with E-state index in [0.29, 0.717) is 0 Å². The van der Waals surface area contributed by atoms with Crippen LogP contribution in [-0.2, 0) is 14.2 Å². The predicted molar refractivity (Wildman–Crippen MR) is 50.7 cm³/mol. The van der Waals surface area contributed by atoms with Crippen LogP contribution in [-0.4, -0.2) is 37.2 Å². The minimum atomic E-state index is -4.98. The molecule has 0 radical (unpaired) electrons. The summed E-state index contributed by atoms with van der Waals surface area (Å²) in [4.78, 5) is 37.8. The van der Waals surface area contributed by atoms with Crippen LogP contribution < -0.4 is 5.73 Å². The molecule has 0 fully saturated rings. The van der Waals surface area contributed by atoms with E-state index in [1.807, 2.05) is 0 Å². The fourth-order valence-corrected chi connectivity index (χ4v) is 1.47. The second kappa shape index (κ2) is 5.43. The van der Waals surface area contributed by atoms with Gasteiger partial charge in [0.05, 0.1) is 12.8 Å². The Hall–Kier alpha value is -0.660. The van der Waals surface area contributed by atoms with Gasteiger partial charge in [-0.1, -0.05) is 0 Å². The van der Waals surface area contributed by atoms with Gasteiger partial charge in [-0.15, -0.1) is 12.4 Å². The summed E-state index contributed by atoms with van der Waals surface area (Å²) in [5, 5.41) is 14.1. The molecular weight excluding hydrogens is 252 g/mol. The van der Waals surface area contributed by atoms with E-state index in [1.54, 1.807) is 0 Å². The number of carboxylic acid groups (broad SMARTS) is 2. The molecule has 0 heterocycles. The average Bonchev–Trinajstić information content (AvgIpc) is 1.78.